The van der Waals surface area contributed by atoms with Gasteiger partial charge in [0, 0.05) is 11.4 Å². The summed E-state index contributed by atoms with van der Waals surface area (Å²) in [5.74, 6) is 0.863. The molecule has 0 saturated carbocycles. The Balaban J connectivity index is 2.09. The van der Waals surface area contributed by atoms with Crippen molar-refractivity contribution in [3.05, 3.63) is 42.5 Å². The summed E-state index contributed by atoms with van der Waals surface area (Å²) in [6, 6.07) is 14.4. The molecular weight excluding hydrogens is 238 g/mol. The van der Waals surface area contributed by atoms with Crippen LogP contribution in [0.25, 0.3) is 10.8 Å². The highest BCUT2D eigenvalue weighted by Crippen LogP contribution is 2.25. The maximum Gasteiger partial charge on any atom is 0.127 e. The lowest BCUT2D eigenvalue weighted by Crippen LogP contribution is -2.41. The van der Waals surface area contributed by atoms with Gasteiger partial charge in [-0.05, 0) is 11.5 Å². The van der Waals surface area contributed by atoms with Crippen molar-refractivity contribution in [2.75, 3.05) is 13.2 Å². The van der Waals surface area contributed by atoms with E-state index in [0.29, 0.717) is 12.6 Å². The molecule has 0 aliphatic carbocycles. The summed E-state index contributed by atoms with van der Waals surface area (Å²) in [7, 11) is 0. The fraction of sp³-hybridized carbons (Fsp3) is 0.375. The van der Waals surface area contributed by atoms with E-state index in [4.69, 9.17) is 4.74 Å². The Morgan fingerprint density at radius 3 is 2.58 bits per heavy atom. The van der Waals surface area contributed by atoms with Crippen LogP contribution in [0, 0.1) is 0 Å². The third-order valence-electron chi connectivity index (χ3n) is 2.98. The molecule has 0 aliphatic rings. The molecule has 0 aromatic heterocycles. The topological polar surface area (TPSA) is 41.5 Å². The Labute approximate surface area is 114 Å². The van der Waals surface area contributed by atoms with E-state index < -0.39 is 0 Å². The molecule has 102 valence electrons. The number of aliphatic hydroxyl groups excluding tert-OH is 1. The molecule has 0 heterocycles. The van der Waals surface area contributed by atoms with Gasteiger partial charge < -0.3 is 15.2 Å². The van der Waals surface area contributed by atoms with E-state index in [1.54, 1.807) is 0 Å². The van der Waals surface area contributed by atoms with Crippen molar-refractivity contribution in [3.8, 4) is 5.75 Å². The Hall–Kier alpha value is -1.58. The second-order valence-corrected chi connectivity index (χ2v) is 4.99. The quantitative estimate of drug-likeness (QED) is 0.838. The van der Waals surface area contributed by atoms with E-state index in [2.05, 4.69) is 37.4 Å². The number of fused-ring (bicyclic) bond motifs is 1. The van der Waals surface area contributed by atoms with Gasteiger partial charge in [0.15, 0.2) is 0 Å². The second-order valence-electron chi connectivity index (χ2n) is 4.99. The largest absolute Gasteiger partial charge is 0.491 e. The van der Waals surface area contributed by atoms with Crippen molar-refractivity contribution in [2.45, 2.75) is 25.9 Å². The molecule has 0 saturated heterocycles. The third kappa shape index (κ3) is 3.69. The van der Waals surface area contributed by atoms with Crippen LogP contribution in [0.3, 0.4) is 0 Å². The van der Waals surface area contributed by atoms with E-state index in [1.807, 2.05) is 24.3 Å². The van der Waals surface area contributed by atoms with Gasteiger partial charge in [0.1, 0.15) is 12.4 Å². The van der Waals surface area contributed by atoms with Crippen LogP contribution < -0.4 is 10.1 Å². The lowest BCUT2D eigenvalue weighted by molar-refractivity contribution is 0.178. The molecular formula is C16H21NO2. The molecule has 1 atom stereocenters. The Bertz CT molecular complexity index is 520. The van der Waals surface area contributed by atoms with Crippen LogP contribution in [0.4, 0.5) is 0 Å². The van der Waals surface area contributed by atoms with Gasteiger partial charge in [-0.1, -0.05) is 50.2 Å². The number of benzene rings is 2. The van der Waals surface area contributed by atoms with E-state index in [0.717, 1.165) is 16.5 Å². The van der Waals surface area contributed by atoms with E-state index in [9.17, 15) is 5.11 Å². The summed E-state index contributed by atoms with van der Waals surface area (Å²) in [6.07, 6.45) is 0. The average Bonchev–Trinajstić information content (AvgIpc) is 2.43. The molecule has 19 heavy (non-hydrogen) atoms. The Morgan fingerprint density at radius 2 is 1.84 bits per heavy atom. The Morgan fingerprint density at radius 1 is 1.11 bits per heavy atom. The smallest absolute Gasteiger partial charge is 0.127 e. The zero-order valence-corrected chi connectivity index (χ0v) is 11.5. The van der Waals surface area contributed by atoms with Crippen LogP contribution in [-0.4, -0.2) is 30.4 Å². The molecule has 2 N–H and O–H groups in total. The lowest BCUT2D eigenvalue weighted by atomic mass is 10.1. The number of hydrogen-bond donors (Lipinski definition) is 2. The maximum atomic E-state index is 9.32. The maximum absolute atomic E-state index is 9.32. The van der Waals surface area contributed by atoms with Gasteiger partial charge in [0.2, 0.25) is 0 Å². The van der Waals surface area contributed by atoms with Crippen LogP contribution in [0.1, 0.15) is 13.8 Å². The number of hydrogen-bond acceptors (Lipinski definition) is 3. The minimum Gasteiger partial charge on any atom is -0.491 e. The van der Waals surface area contributed by atoms with Crippen molar-refractivity contribution < 1.29 is 9.84 Å². The van der Waals surface area contributed by atoms with Crippen LogP contribution in [0.5, 0.6) is 5.75 Å². The van der Waals surface area contributed by atoms with Gasteiger partial charge in [0.05, 0.1) is 12.6 Å². The van der Waals surface area contributed by atoms with Crippen molar-refractivity contribution in [1.82, 2.24) is 5.32 Å². The Kier molecular flexibility index (Phi) is 4.77. The molecule has 2 aromatic carbocycles. The van der Waals surface area contributed by atoms with Gasteiger partial charge >= 0.3 is 0 Å². The standard InChI is InChI=1S/C16H21NO2/c1-12(2)17-14(10-18)11-19-16-9-5-7-13-6-3-4-8-15(13)16/h3-9,12,14,17-18H,10-11H2,1-2H3. The van der Waals surface area contributed by atoms with Crippen molar-refractivity contribution in [1.29, 1.82) is 0 Å². The molecule has 3 heteroatoms. The predicted octanol–water partition coefficient (Wildman–Crippen LogP) is 2.58. The zero-order valence-electron chi connectivity index (χ0n) is 11.5. The summed E-state index contributed by atoms with van der Waals surface area (Å²) < 4.78 is 5.85. The number of ether oxygens (including phenoxy) is 1. The molecule has 0 radical (unpaired) electrons. The highest BCUT2D eigenvalue weighted by Gasteiger charge is 2.10. The fourth-order valence-electron chi connectivity index (χ4n) is 2.14. The first kappa shape index (κ1) is 13.8. The monoisotopic (exact) mass is 259 g/mol. The molecule has 0 bridgehead atoms. The first-order valence-electron chi connectivity index (χ1n) is 6.68. The minimum absolute atomic E-state index is 0.0426. The van der Waals surface area contributed by atoms with Crippen LogP contribution in [0.15, 0.2) is 42.5 Å². The van der Waals surface area contributed by atoms with E-state index >= 15 is 0 Å². The van der Waals surface area contributed by atoms with E-state index in [1.165, 1.54) is 0 Å². The van der Waals surface area contributed by atoms with E-state index in [-0.39, 0.29) is 12.6 Å². The molecule has 0 amide bonds. The van der Waals surface area contributed by atoms with Gasteiger partial charge in [-0.2, -0.15) is 0 Å². The van der Waals surface area contributed by atoms with Gasteiger partial charge in [0.25, 0.3) is 0 Å². The number of aliphatic hydroxyl groups is 1. The van der Waals surface area contributed by atoms with Gasteiger partial charge in [-0.25, -0.2) is 0 Å². The summed E-state index contributed by atoms with van der Waals surface area (Å²) in [4.78, 5) is 0. The molecule has 0 aliphatic heterocycles. The highest BCUT2D eigenvalue weighted by molar-refractivity contribution is 5.88. The number of nitrogens with one attached hydrogen (secondary N) is 1. The van der Waals surface area contributed by atoms with Crippen LogP contribution in [0.2, 0.25) is 0 Å². The van der Waals surface area contributed by atoms with Gasteiger partial charge in [-0.15, -0.1) is 0 Å². The van der Waals surface area contributed by atoms with Crippen LogP contribution in [-0.2, 0) is 0 Å². The first-order chi connectivity index (χ1) is 9.20. The van der Waals surface area contributed by atoms with Crippen LogP contribution >= 0.6 is 0 Å². The summed E-state index contributed by atoms with van der Waals surface area (Å²) in [6.45, 7) is 4.65. The normalized spacial score (nSPS) is 12.8. The minimum atomic E-state index is -0.0426. The first-order valence-corrected chi connectivity index (χ1v) is 6.68. The molecule has 1 unspecified atom stereocenters. The van der Waals surface area contributed by atoms with Crippen molar-refractivity contribution >= 4 is 10.8 Å². The lowest BCUT2D eigenvalue weighted by Gasteiger charge is -2.20. The SMILES string of the molecule is CC(C)NC(CO)COc1cccc2ccccc12. The summed E-state index contributed by atoms with van der Waals surface area (Å²) in [5.41, 5.74) is 0. The van der Waals surface area contributed by atoms with Crippen molar-refractivity contribution in [3.63, 3.8) is 0 Å². The predicted molar refractivity (Wildman–Crippen MR) is 78.6 cm³/mol. The molecule has 0 spiro atoms. The molecule has 2 aromatic rings. The zero-order chi connectivity index (χ0) is 13.7. The molecule has 3 nitrogen and oxygen atoms in total. The summed E-state index contributed by atoms with van der Waals surface area (Å²) >= 11 is 0. The number of rotatable bonds is 6. The van der Waals surface area contributed by atoms with Crippen molar-refractivity contribution in [2.24, 2.45) is 0 Å². The molecule has 2 rings (SSSR count). The fourth-order valence-corrected chi connectivity index (χ4v) is 2.14. The van der Waals surface area contributed by atoms with Gasteiger partial charge in [-0.3, -0.25) is 0 Å². The summed E-state index contributed by atoms with van der Waals surface area (Å²) in [5, 5.41) is 14.9. The molecule has 0 fully saturated rings. The third-order valence-corrected chi connectivity index (χ3v) is 2.98. The second kappa shape index (κ2) is 6.55. The highest BCUT2D eigenvalue weighted by atomic mass is 16.5. The average molecular weight is 259 g/mol.